The fraction of sp³-hybridized carbons (Fsp3) is 0.562. The number of rotatable bonds is 6. The van der Waals surface area contributed by atoms with Crippen molar-refractivity contribution >= 4 is 15.7 Å². The van der Waals surface area contributed by atoms with E-state index >= 15 is 0 Å². The van der Waals surface area contributed by atoms with Crippen LogP contribution >= 0.6 is 0 Å². The number of carbonyl (C=O) groups excluding carboxylic acids is 1. The molecule has 2 rings (SSSR count). The molecule has 1 aliphatic rings. The SMILES string of the molecule is C[C@H](CN1CCOCC1)NC(=O)c1cccc(CS(C)(=O)=O)c1. The van der Waals surface area contributed by atoms with Gasteiger partial charge in [0.25, 0.3) is 5.91 Å². The normalized spacial score (nSPS) is 17.7. The number of hydrogen-bond acceptors (Lipinski definition) is 5. The molecule has 0 spiro atoms. The Kier molecular flexibility index (Phi) is 6.15. The van der Waals surface area contributed by atoms with Crippen molar-refractivity contribution in [2.24, 2.45) is 0 Å². The van der Waals surface area contributed by atoms with Crippen LogP contribution in [0.3, 0.4) is 0 Å². The van der Waals surface area contributed by atoms with Crippen LogP contribution in [-0.4, -0.2) is 64.4 Å². The third kappa shape index (κ3) is 6.29. The Bertz CT molecular complexity index is 639. The zero-order chi connectivity index (χ0) is 16.9. The molecule has 0 aliphatic carbocycles. The van der Waals surface area contributed by atoms with E-state index in [2.05, 4.69) is 10.2 Å². The van der Waals surface area contributed by atoms with Crippen LogP contribution in [0.4, 0.5) is 0 Å². The first-order valence-electron chi connectivity index (χ1n) is 7.71. The Morgan fingerprint density at radius 2 is 2.04 bits per heavy atom. The van der Waals surface area contributed by atoms with Gasteiger partial charge in [0, 0.05) is 37.5 Å². The number of nitrogens with zero attached hydrogens (tertiary/aromatic N) is 1. The van der Waals surface area contributed by atoms with Crippen molar-refractivity contribution in [1.82, 2.24) is 10.2 Å². The number of amides is 1. The molecular formula is C16H24N2O4S. The standard InChI is InChI=1S/C16H24N2O4S/c1-13(11-18-6-8-22-9-7-18)17-16(19)15-5-3-4-14(10-15)12-23(2,20)21/h3-5,10,13H,6-9,11-12H2,1-2H3,(H,17,19)/t13-/m1/s1. The molecule has 1 N–H and O–H groups in total. The molecule has 0 aromatic heterocycles. The van der Waals surface area contributed by atoms with Gasteiger partial charge in [-0.1, -0.05) is 12.1 Å². The van der Waals surface area contributed by atoms with Crippen molar-refractivity contribution < 1.29 is 17.9 Å². The summed E-state index contributed by atoms with van der Waals surface area (Å²) in [5.41, 5.74) is 1.11. The van der Waals surface area contributed by atoms with Gasteiger partial charge in [-0.25, -0.2) is 8.42 Å². The summed E-state index contributed by atoms with van der Waals surface area (Å²) in [5, 5.41) is 2.96. The number of sulfone groups is 1. The Morgan fingerprint density at radius 3 is 2.70 bits per heavy atom. The minimum absolute atomic E-state index is 0.0131. The minimum Gasteiger partial charge on any atom is -0.379 e. The van der Waals surface area contributed by atoms with Crippen molar-refractivity contribution in [3.63, 3.8) is 0 Å². The Balaban J connectivity index is 1.93. The van der Waals surface area contributed by atoms with E-state index in [0.29, 0.717) is 11.1 Å². The first kappa shape index (κ1) is 17.9. The highest BCUT2D eigenvalue weighted by atomic mass is 32.2. The van der Waals surface area contributed by atoms with Gasteiger partial charge in [0.2, 0.25) is 0 Å². The minimum atomic E-state index is -3.11. The fourth-order valence-electron chi connectivity index (χ4n) is 2.63. The van der Waals surface area contributed by atoms with E-state index in [0.717, 1.165) is 32.8 Å². The average molecular weight is 340 g/mol. The van der Waals surface area contributed by atoms with Crippen LogP contribution in [0.2, 0.25) is 0 Å². The van der Waals surface area contributed by atoms with Gasteiger partial charge in [-0.3, -0.25) is 9.69 Å². The molecule has 1 saturated heterocycles. The molecule has 1 amide bonds. The largest absolute Gasteiger partial charge is 0.379 e. The lowest BCUT2D eigenvalue weighted by atomic mass is 10.1. The van der Waals surface area contributed by atoms with Gasteiger partial charge in [-0.05, 0) is 24.6 Å². The number of carbonyl (C=O) groups is 1. The van der Waals surface area contributed by atoms with Crippen LogP contribution in [0.5, 0.6) is 0 Å². The molecule has 0 bridgehead atoms. The molecule has 1 aliphatic heterocycles. The van der Waals surface area contributed by atoms with Crippen molar-refractivity contribution in [1.29, 1.82) is 0 Å². The lowest BCUT2D eigenvalue weighted by Crippen LogP contribution is -2.46. The maximum atomic E-state index is 12.3. The highest BCUT2D eigenvalue weighted by molar-refractivity contribution is 7.89. The maximum absolute atomic E-state index is 12.3. The molecule has 0 saturated carbocycles. The zero-order valence-corrected chi connectivity index (χ0v) is 14.4. The van der Waals surface area contributed by atoms with Crippen molar-refractivity contribution in [2.75, 3.05) is 39.1 Å². The van der Waals surface area contributed by atoms with E-state index in [-0.39, 0.29) is 17.7 Å². The quantitative estimate of drug-likeness (QED) is 0.824. The summed E-state index contributed by atoms with van der Waals surface area (Å²) in [5.74, 6) is -0.238. The average Bonchev–Trinajstić information content (AvgIpc) is 2.46. The third-order valence-electron chi connectivity index (χ3n) is 3.63. The van der Waals surface area contributed by atoms with E-state index in [4.69, 9.17) is 4.74 Å². The molecule has 6 nitrogen and oxygen atoms in total. The molecule has 1 aromatic carbocycles. The number of benzene rings is 1. The summed E-state index contributed by atoms with van der Waals surface area (Å²) in [6.07, 6.45) is 1.18. The van der Waals surface area contributed by atoms with Crippen LogP contribution in [0, 0.1) is 0 Å². The summed E-state index contributed by atoms with van der Waals surface area (Å²) in [6.45, 7) is 5.96. The fourth-order valence-corrected chi connectivity index (χ4v) is 3.41. The van der Waals surface area contributed by atoms with Gasteiger partial charge in [-0.15, -0.1) is 0 Å². The van der Waals surface area contributed by atoms with Gasteiger partial charge < -0.3 is 10.1 Å². The first-order valence-corrected chi connectivity index (χ1v) is 9.77. The van der Waals surface area contributed by atoms with Gasteiger partial charge in [-0.2, -0.15) is 0 Å². The van der Waals surface area contributed by atoms with Crippen molar-refractivity contribution in [2.45, 2.75) is 18.7 Å². The number of morpholine rings is 1. The summed E-state index contributed by atoms with van der Waals surface area (Å²) >= 11 is 0. The van der Waals surface area contributed by atoms with Crippen LogP contribution in [0.25, 0.3) is 0 Å². The molecule has 7 heteroatoms. The Labute approximate surface area is 137 Å². The first-order chi connectivity index (χ1) is 10.8. The Morgan fingerprint density at radius 1 is 1.35 bits per heavy atom. The second-order valence-corrected chi connectivity index (χ2v) is 8.20. The molecule has 0 radical (unpaired) electrons. The predicted octanol–water partition coefficient (Wildman–Crippen LogP) is 0.682. The second-order valence-electron chi connectivity index (χ2n) is 6.06. The van der Waals surface area contributed by atoms with E-state index in [1.54, 1.807) is 24.3 Å². The van der Waals surface area contributed by atoms with E-state index < -0.39 is 9.84 Å². The van der Waals surface area contributed by atoms with Gasteiger partial charge in [0.15, 0.2) is 9.84 Å². The number of ether oxygens (including phenoxy) is 1. The summed E-state index contributed by atoms with van der Waals surface area (Å²) in [4.78, 5) is 14.6. The highest BCUT2D eigenvalue weighted by Crippen LogP contribution is 2.09. The highest BCUT2D eigenvalue weighted by Gasteiger charge is 2.16. The lowest BCUT2D eigenvalue weighted by molar-refractivity contribution is 0.0342. The van der Waals surface area contributed by atoms with Crippen LogP contribution in [0.15, 0.2) is 24.3 Å². The molecule has 1 atom stereocenters. The third-order valence-corrected chi connectivity index (χ3v) is 4.49. The van der Waals surface area contributed by atoms with Gasteiger partial charge >= 0.3 is 0 Å². The van der Waals surface area contributed by atoms with Crippen LogP contribution in [0.1, 0.15) is 22.8 Å². The molecule has 0 unspecified atom stereocenters. The maximum Gasteiger partial charge on any atom is 0.251 e. The van der Waals surface area contributed by atoms with Gasteiger partial charge in [0.05, 0.1) is 19.0 Å². The summed E-state index contributed by atoms with van der Waals surface area (Å²) in [7, 11) is -3.11. The zero-order valence-electron chi connectivity index (χ0n) is 13.6. The topological polar surface area (TPSA) is 75.7 Å². The molecule has 128 valence electrons. The predicted molar refractivity (Wildman–Crippen MR) is 89.2 cm³/mol. The molecule has 1 heterocycles. The second kappa shape index (κ2) is 7.90. The molecule has 1 fully saturated rings. The van der Waals surface area contributed by atoms with E-state index in [1.807, 2.05) is 6.92 Å². The van der Waals surface area contributed by atoms with Crippen molar-refractivity contribution in [3.8, 4) is 0 Å². The monoisotopic (exact) mass is 340 g/mol. The Hall–Kier alpha value is -1.44. The summed E-state index contributed by atoms with van der Waals surface area (Å²) < 4.78 is 28.0. The smallest absolute Gasteiger partial charge is 0.251 e. The van der Waals surface area contributed by atoms with E-state index in [9.17, 15) is 13.2 Å². The van der Waals surface area contributed by atoms with Gasteiger partial charge in [0.1, 0.15) is 0 Å². The molecule has 1 aromatic rings. The lowest BCUT2D eigenvalue weighted by Gasteiger charge is -2.29. The summed E-state index contributed by atoms with van der Waals surface area (Å²) in [6, 6.07) is 6.77. The van der Waals surface area contributed by atoms with E-state index in [1.165, 1.54) is 6.26 Å². The molecule has 23 heavy (non-hydrogen) atoms. The van der Waals surface area contributed by atoms with Crippen molar-refractivity contribution in [3.05, 3.63) is 35.4 Å². The number of hydrogen-bond donors (Lipinski definition) is 1. The molecular weight excluding hydrogens is 316 g/mol. The number of nitrogens with one attached hydrogen (secondary N) is 1. The van der Waals surface area contributed by atoms with Crippen LogP contribution in [-0.2, 0) is 20.3 Å². The van der Waals surface area contributed by atoms with Crippen LogP contribution < -0.4 is 5.32 Å².